The number of hydrogen-bond acceptors (Lipinski definition) is 4. The van der Waals surface area contributed by atoms with E-state index in [0.29, 0.717) is 24.0 Å². The van der Waals surface area contributed by atoms with Crippen LogP contribution in [0.25, 0.3) is 0 Å². The quantitative estimate of drug-likeness (QED) is 0.854. The van der Waals surface area contributed by atoms with Crippen LogP contribution in [0.1, 0.15) is 36.8 Å². The molecule has 1 aliphatic heterocycles. The summed E-state index contributed by atoms with van der Waals surface area (Å²) < 4.78 is 32.9. The summed E-state index contributed by atoms with van der Waals surface area (Å²) in [7, 11) is -1.83. The molecule has 1 heterocycles. The molecule has 1 aromatic rings. The zero-order valence-corrected chi connectivity index (χ0v) is 15.7. The van der Waals surface area contributed by atoms with Crippen LogP contribution < -0.4 is 10.1 Å². The molecule has 2 aliphatic rings. The van der Waals surface area contributed by atoms with E-state index in [-0.39, 0.29) is 0 Å². The number of ether oxygens (including phenoxy) is 1. The van der Waals surface area contributed by atoms with E-state index in [0.717, 1.165) is 42.2 Å². The second-order valence-electron chi connectivity index (χ2n) is 7.12. The Balaban J connectivity index is 1.68. The highest BCUT2D eigenvalue weighted by atomic mass is 32.2. The van der Waals surface area contributed by atoms with Crippen LogP contribution in [0.15, 0.2) is 17.0 Å². The van der Waals surface area contributed by atoms with E-state index in [1.807, 2.05) is 19.9 Å². The van der Waals surface area contributed by atoms with E-state index < -0.39 is 10.0 Å². The van der Waals surface area contributed by atoms with Gasteiger partial charge in [0, 0.05) is 19.1 Å². The first-order chi connectivity index (χ1) is 11.4. The average molecular weight is 353 g/mol. The number of sulfonamides is 1. The predicted octanol–water partition coefficient (Wildman–Crippen LogP) is 2.46. The summed E-state index contributed by atoms with van der Waals surface area (Å²) in [6.07, 6.45) is 4.47. The summed E-state index contributed by atoms with van der Waals surface area (Å²) >= 11 is 0. The molecule has 2 fully saturated rings. The fourth-order valence-corrected chi connectivity index (χ4v) is 5.12. The molecule has 1 aromatic carbocycles. The van der Waals surface area contributed by atoms with Crippen molar-refractivity contribution >= 4 is 10.0 Å². The molecule has 1 aliphatic carbocycles. The van der Waals surface area contributed by atoms with Gasteiger partial charge in [-0.2, -0.15) is 4.31 Å². The third-order valence-corrected chi connectivity index (χ3v) is 7.20. The Morgan fingerprint density at radius 1 is 1.12 bits per heavy atom. The number of hydrogen-bond donors (Lipinski definition) is 1. The lowest BCUT2D eigenvalue weighted by Crippen LogP contribution is -2.45. The Labute approximate surface area is 145 Å². The average Bonchev–Trinajstić information content (AvgIpc) is 3.39. The van der Waals surface area contributed by atoms with E-state index in [1.54, 1.807) is 17.5 Å². The fourth-order valence-electron chi connectivity index (χ4n) is 3.36. The van der Waals surface area contributed by atoms with Gasteiger partial charge in [0.2, 0.25) is 10.0 Å². The first-order valence-electron chi connectivity index (χ1n) is 8.80. The molecule has 0 bridgehead atoms. The van der Waals surface area contributed by atoms with Crippen LogP contribution >= 0.6 is 0 Å². The first kappa shape index (κ1) is 17.7. The summed E-state index contributed by atoms with van der Waals surface area (Å²) in [4.78, 5) is 0.408. The topological polar surface area (TPSA) is 58.6 Å². The van der Waals surface area contributed by atoms with Gasteiger partial charge in [-0.3, -0.25) is 0 Å². The molecule has 134 valence electrons. The Bertz CT molecular complexity index is 690. The molecule has 24 heavy (non-hydrogen) atoms. The van der Waals surface area contributed by atoms with Crippen molar-refractivity contribution in [2.75, 3.05) is 26.7 Å². The van der Waals surface area contributed by atoms with Gasteiger partial charge in [-0.1, -0.05) is 0 Å². The molecule has 0 atom stereocenters. The normalized spacial score (nSPS) is 20.3. The van der Waals surface area contributed by atoms with Gasteiger partial charge in [-0.15, -0.1) is 0 Å². The lowest BCUT2D eigenvalue weighted by atomic mass is 10.1. The number of benzene rings is 1. The Kier molecular flexibility index (Phi) is 5.18. The van der Waals surface area contributed by atoms with Gasteiger partial charge in [0.25, 0.3) is 0 Å². The predicted molar refractivity (Wildman–Crippen MR) is 95.0 cm³/mol. The van der Waals surface area contributed by atoms with Crippen molar-refractivity contribution in [2.24, 2.45) is 5.92 Å². The summed E-state index contributed by atoms with van der Waals surface area (Å²) in [5, 5.41) is 3.59. The maximum Gasteiger partial charge on any atom is 0.243 e. The molecular formula is C18H28N2O3S. The molecule has 3 rings (SSSR count). The largest absolute Gasteiger partial charge is 0.496 e. The molecule has 0 aromatic heterocycles. The van der Waals surface area contributed by atoms with Crippen molar-refractivity contribution in [2.45, 2.75) is 50.5 Å². The van der Waals surface area contributed by atoms with Crippen LogP contribution in [0.3, 0.4) is 0 Å². The second-order valence-corrected chi connectivity index (χ2v) is 9.02. The lowest BCUT2D eigenvalue weighted by molar-refractivity contribution is 0.288. The van der Waals surface area contributed by atoms with Crippen molar-refractivity contribution in [1.29, 1.82) is 0 Å². The summed E-state index contributed by atoms with van der Waals surface area (Å²) in [5.41, 5.74) is 1.59. The van der Waals surface area contributed by atoms with Gasteiger partial charge >= 0.3 is 0 Å². The first-order valence-corrected chi connectivity index (χ1v) is 10.2. The Morgan fingerprint density at radius 2 is 1.79 bits per heavy atom. The molecule has 0 radical (unpaired) electrons. The van der Waals surface area contributed by atoms with E-state index >= 15 is 0 Å². The number of methoxy groups -OCH3 is 1. The van der Waals surface area contributed by atoms with Crippen molar-refractivity contribution in [1.82, 2.24) is 9.62 Å². The second kappa shape index (κ2) is 7.02. The van der Waals surface area contributed by atoms with Crippen molar-refractivity contribution in [3.63, 3.8) is 0 Å². The van der Waals surface area contributed by atoms with Gasteiger partial charge in [-0.25, -0.2) is 8.42 Å². The highest BCUT2D eigenvalue weighted by Crippen LogP contribution is 2.30. The van der Waals surface area contributed by atoms with Crippen LogP contribution in [-0.4, -0.2) is 45.5 Å². The minimum atomic E-state index is -3.43. The summed E-state index contributed by atoms with van der Waals surface area (Å²) in [5.74, 6) is 1.59. The third-order valence-electron chi connectivity index (χ3n) is 5.16. The SMILES string of the molecule is COc1cc(C)c(S(=O)(=O)N2CCC(NCC3CC3)CC2)cc1C. The number of aryl methyl sites for hydroxylation is 2. The van der Waals surface area contributed by atoms with Crippen molar-refractivity contribution in [3.05, 3.63) is 23.3 Å². The van der Waals surface area contributed by atoms with Crippen LogP contribution in [0, 0.1) is 19.8 Å². The molecular weight excluding hydrogens is 324 g/mol. The van der Waals surface area contributed by atoms with Crippen LogP contribution in [0.5, 0.6) is 5.75 Å². The molecule has 6 heteroatoms. The number of rotatable bonds is 6. The number of nitrogens with one attached hydrogen (secondary N) is 1. The fraction of sp³-hybridized carbons (Fsp3) is 0.667. The smallest absolute Gasteiger partial charge is 0.243 e. The molecule has 1 N–H and O–H groups in total. The van der Waals surface area contributed by atoms with E-state index in [4.69, 9.17) is 4.74 Å². The Hall–Kier alpha value is -1.11. The zero-order valence-electron chi connectivity index (χ0n) is 14.8. The van der Waals surface area contributed by atoms with Crippen LogP contribution in [0.4, 0.5) is 0 Å². The maximum atomic E-state index is 13.0. The standard InChI is InChI=1S/C18H28N2O3S/c1-13-11-18(14(2)10-17(13)23-3)24(21,22)20-8-6-16(7-9-20)19-12-15-4-5-15/h10-11,15-16,19H,4-9,12H2,1-3H3. The summed E-state index contributed by atoms with van der Waals surface area (Å²) in [6, 6.07) is 4.00. The molecule has 0 unspecified atom stereocenters. The number of nitrogens with zero attached hydrogens (tertiary/aromatic N) is 1. The Morgan fingerprint density at radius 3 is 2.38 bits per heavy atom. The van der Waals surface area contributed by atoms with Gasteiger partial charge in [-0.05, 0) is 75.3 Å². The highest BCUT2D eigenvalue weighted by molar-refractivity contribution is 7.89. The molecule has 0 spiro atoms. The molecule has 0 amide bonds. The zero-order chi connectivity index (χ0) is 17.3. The van der Waals surface area contributed by atoms with Gasteiger partial charge in [0.1, 0.15) is 5.75 Å². The van der Waals surface area contributed by atoms with Crippen molar-refractivity contribution in [3.8, 4) is 5.75 Å². The highest BCUT2D eigenvalue weighted by Gasteiger charge is 2.31. The maximum absolute atomic E-state index is 13.0. The van der Waals surface area contributed by atoms with Crippen molar-refractivity contribution < 1.29 is 13.2 Å². The number of piperidine rings is 1. The van der Waals surface area contributed by atoms with E-state index in [2.05, 4.69) is 5.32 Å². The van der Waals surface area contributed by atoms with E-state index in [9.17, 15) is 8.42 Å². The van der Waals surface area contributed by atoms with Crippen LogP contribution in [0.2, 0.25) is 0 Å². The molecule has 1 saturated carbocycles. The van der Waals surface area contributed by atoms with E-state index in [1.165, 1.54) is 12.8 Å². The van der Waals surface area contributed by atoms with Gasteiger partial charge in [0.15, 0.2) is 0 Å². The molecule has 1 saturated heterocycles. The van der Waals surface area contributed by atoms with Crippen LogP contribution in [-0.2, 0) is 10.0 Å². The van der Waals surface area contributed by atoms with Gasteiger partial charge < -0.3 is 10.1 Å². The molecule has 5 nitrogen and oxygen atoms in total. The van der Waals surface area contributed by atoms with Gasteiger partial charge in [0.05, 0.1) is 12.0 Å². The monoisotopic (exact) mass is 352 g/mol. The minimum Gasteiger partial charge on any atom is -0.496 e. The summed E-state index contributed by atoms with van der Waals surface area (Å²) in [6.45, 7) is 5.99. The lowest BCUT2D eigenvalue weighted by Gasteiger charge is -2.32. The minimum absolute atomic E-state index is 0.408. The third kappa shape index (κ3) is 3.76.